The zero-order chi connectivity index (χ0) is 27.2. The van der Waals surface area contributed by atoms with Gasteiger partial charge in [-0.15, -0.1) is 23.7 Å². The van der Waals surface area contributed by atoms with E-state index in [1.807, 2.05) is 0 Å². The third-order valence-electron chi connectivity index (χ3n) is 6.99. The molecule has 39 heavy (non-hydrogen) atoms. The Balaban J connectivity index is 0.00000353. The van der Waals surface area contributed by atoms with E-state index in [9.17, 15) is 18.0 Å². The maximum absolute atomic E-state index is 13.6. The number of hydrogen-bond acceptors (Lipinski definition) is 8. The van der Waals surface area contributed by atoms with Crippen molar-refractivity contribution in [2.45, 2.75) is 43.4 Å². The molecule has 5 rings (SSSR count). The Bertz CT molecular complexity index is 1490. The highest BCUT2D eigenvalue weighted by molar-refractivity contribution is 7.89. The maximum Gasteiger partial charge on any atom is 0.283 e. The Morgan fingerprint density at radius 3 is 2.79 bits per heavy atom. The fourth-order valence-electron chi connectivity index (χ4n) is 4.80. The molecule has 4 heterocycles. The van der Waals surface area contributed by atoms with Gasteiger partial charge >= 0.3 is 0 Å². The van der Waals surface area contributed by atoms with E-state index in [2.05, 4.69) is 22.2 Å². The molecule has 0 aliphatic carbocycles. The topological polar surface area (TPSA) is 128 Å². The van der Waals surface area contributed by atoms with Crippen LogP contribution in [-0.2, 0) is 32.6 Å². The number of carbonyl (C=O) groups is 2. The van der Waals surface area contributed by atoms with Crippen LogP contribution in [0, 0.1) is 0 Å². The van der Waals surface area contributed by atoms with Gasteiger partial charge in [0.1, 0.15) is 5.03 Å². The third-order valence-corrected chi connectivity index (χ3v) is 10.1. The van der Waals surface area contributed by atoms with Gasteiger partial charge in [0.2, 0.25) is 5.91 Å². The van der Waals surface area contributed by atoms with Gasteiger partial charge in [-0.2, -0.15) is 4.31 Å². The number of amides is 2. The molecule has 2 aliphatic rings. The van der Waals surface area contributed by atoms with Gasteiger partial charge in [0.15, 0.2) is 5.01 Å². The largest absolute Gasteiger partial charge is 0.345 e. The van der Waals surface area contributed by atoms with Crippen molar-refractivity contribution in [3.05, 3.63) is 44.9 Å². The van der Waals surface area contributed by atoms with Crippen molar-refractivity contribution in [2.24, 2.45) is 0 Å². The van der Waals surface area contributed by atoms with Crippen LogP contribution in [0.5, 0.6) is 0 Å². The molecule has 2 aliphatic heterocycles. The smallest absolute Gasteiger partial charge is 0.283 e. The van der Waals surface area contributed by atoms with Gasteiger partial charge in [0, 0.05) is 66.5 Å². The first-order valence-corrected chi connectivity index (χ1v) is 14.8. The Hall–Kier alpha value is -2.26. The van der Waals surface area contributed by atoms with E-state index in [0.717, 1.165) is 22.1 Å². The van der Waals surface area contributed by atoms with Gasteiger partial charge in [-0.1, -0.05) is 11.6 Å². The van der Waals surface area contributed by atoms with Gasteiger partial charge in [0.25, 0.3) is 15.9 Å². The molecule has 1 aromatic carbocycles. The Kier molecular flexibility index (Phi) is 8.91. The Labute approximate surface area is 241 Å². The molecule has 2 amide bonds. The third kappa shape index (κ3) is 5.94. The fraction of sp³-hybridized carbons (Fsp3) is 0.458. The Morgan fingerprint density at radius 2 is 2.05 bits per heavy atom. The normalized spacial score (nSPS) is 19.9. The number of benzene rings is 1. The minimum Gasteiger partial charge on any atom is -0.345 e. The van der Waals surface area contributed by atoms with Gasteiger partial charge in [-0.25, -0.2) is 18.5 Å². The first-order chi connectivity index (χ1) is 18.1. The summed E-state index contributed by atoms with van der Waals surface area (Å²) in [5.41, 5.74) is 1.56. The number of rotatable bonds is 6. The van der Waals surface area contributed by atoms with Gasteiger partial charge in [-0.05, 0) is 31.2 Å². The first kappa shape index (κ1) is 29.7. The number of nitrogens with one attached hydrogen (secondary N) is 2. The van der Waals surface area contributed by atoms with Crippen LogP contribution in [-0.4, -0.2) is 90.3 Å². The van der Waals surface area contributed by atoms with Crippen LogP contribution in [0.25, 0.3) is 10.9 Å². The van der Waals surface area contributed by atoms with Crippen molar-refractivity contribution >= 4 is 68.1 Å². The van der Waals surface area contributed by atoms with Gasteiger partial charge in [0.05, 0.1) is 25.3 Å². The molecular weight excluding hydrogens is 587 g/mol. The highest BCUT2D eigenvalue weighted by Crippen LogP contribution is 2.29. The first-order valence-electron chi connectivity index (χ1n) is 12.2. The summed E-state index contributed by atoms with van der Waals surface area (Å²) in [5, 5.41) is 6.01. The predicted octanol–water partition coefficient (Wildman–Crippen LogP) is 2.66. The number of nitrogens with zero attached hydrogens (tertiary/aromatic N) is 4. The van der Waals surface area contributed by atoms with E-state index in [4.69, 9.17) is 16.4 Å². The van der Waals surface area contributed by atoms with Crippen LogP contribution in [0.2, 0.25) is 5.02 Å². The second-order valence-electron chi connectivity index (χ2n) is 9.53. The van der Waals surface area contributed by atoms with Gasteiger partial charge < -0.3 is 15.2 Å². The average Bonchev–Trinajstić information content (AvgIpc) is 3.51. The second kappa shape index (κ2) is 11.7. The van der Waals surface area contributed by atoms with Crippen molar-refractivity contribution in [3.63, 3.8) is 0 Å². The average molecular weight is 618 g/mol. The van der Waals surface area contributed by atoms with Crippen LogP contribution in [0.3, 0.4) is 0 Å². The zero-order valence-electron chi connectivity index (χ0n) is 21.6. The molecule has 0 saturated carbocycles. The number of halogens is 2. The number of aromatic amines is 1. The quantitative estimate of drug-likeness (QED) is 0.407. The highest BCUT2D eigenvalue weighted by atomic mass is 35.5. The highest BCUT2D eigenvalue weighted by Gasteiger charge is 2.39. The van der Waals surface area contributed by atoms with Crippen LogP contribution in [0.1, 0.15) is 33.7 Å². The van der Waals surface area contributed by atoms with Crippen LogP contribution in [0.15, 0.2) is 29.3 Å². The summed E-state index contributed by atoms with van der Waals surface area (Å²) in [7, 11) is -1.09. The number of aromatic nitrogens is 2. The summed E-state index contributed by atoms with van der Waals surface area (Å²) in [6.45, 7) is 2.89. The van der Waals surface area contributed by atoms with E-state index < -0.39 is 16.1 Å². The molecule has 1 saturated heterocycles. The van der Waals surface area contributed by atoms with E-state index in [0.29, 0.717) is 27.5 Å². The molecule has 0 radical (unpaired) electrons. The van der Waals surface area contributed by atoms with Crippen molar-refractivity contribution in [1.82, 2.24) is 29.6 Å². The van der Waals surface area contributed by atoms with E-state index in [-0.39, 0.29) is 61.3 Å². The molecule has 212 valence electrons. The molecule has 11 nitrogen and oxygen atoms in total. The molecule has 0 spiro atoms. The lowest BCUT2D eigenvalue weighted by Crippen LogP contribution is -2.57. The molecule has 2 unspecified atom stereocenters. The molecule has 2 atom stereocenters. The minimum absolute atomic E-state index is 0. The number of hydroxylamine groups is 2. The van der Waals surface area contributed by atoms with Crippen LogP contribution in [0.4, 0.5) is 0 Å². The lowest BCUT2D eigenvalue weighted by atomic mass is 10.1. The maximum atomic E-state index is 13.6. The van der Waals surface area contributed by atoms with E-state index in [1.54, 1.807) is 29.2 Å². The van der Waals surface area contributed by atoms with Crippen LogP contribution < -0.4 is 5.32 Å². The number of H-pyrrole nitrogens is 1. The van der Waals surface area contributed by atoms with E-state index >= 15 is 0 Å². The van der Waals surface area contributed by atoms with E-state index in [1.165, 1.54) is 29.8 Å². The number of piperazine rings is 1. The number of sulfonamides is 1. The summed E-state index contributed by atoms with van der Waals surface area (Å²) < 4.78 is 28.5. The van der Waals surface area contributed by atoms with Crippen molar-refractivity contribution in [2.75, 3.05) is 33.8 Å². The number of fused-ring (bicyclic) bond motifs is 2. The Morgan fingerprint density at radius 1 is 1.28 bits per heavy atom. The zero-order valence-corrected chi connectivity index (χ0v) is 24.8. The molecule has 1 fully saturated rings. The van der Waals surface area contributed by atoms with Crippen LogP contribution >= 0.6 is 35.3 Å². The lowest BCUT2D eigenvalue weighted by molar-refractivity contribution is -0.170. The molecular formula is C24H30Cl2N6O5S2. The van der Waals surface area contributed by atoms with Crippen molar-refractivity contribution in [3.8, 4) is 0 Å². The summed E-state index contributed by atoms with van der Waals surface area (Å²) in [6.07, 6.45) is 0.634. The standard InChI is InChI=1S/C24H29ClN6O5S2.ClH/c1-14-8-19-20(12-26-14)37-23(28-19)24(33)31-7-6-30(13-17(31)11-22(32)29(2)36-3)38(34,35)21-10-15-9-16(25)4-5-18(15)27-21;/h4-5,9-10,14,17,26-27H,6-8,11-13H2,1-3H3;1H. The lowest BCUT2D eigenvalue weighted by Gasteiger charge is -2.40. The predicted molar refractivity (Wildman–Crippen MR) is 151 cm³/mol. The SMILES string of the molecule is CON(C)C(=O)CC1CN(S(=O)(=O)c2cc3cc(Cl)ccc3[nH]2)CCN1C(=O)c1nc2c(s1)CNC(C)C2.Cl. The summed E-state index contributed by atoms with van der Waals surface area (Å²) in [5.74, 6) is -0.668. The summed E-state index contributed by atoms with van der Waals surface area (Å²) >= 11 is 7.41. The van der Waals surface area contributed by atoms with Crippen molar-refractivity contribution in [1.29, 1.82) is 0 Å². The molecule has 2 aromatic heterocycles. The molecule has 3 aromatic rings. The fourth-order valence-corrected chi connectivity index (χ4v) is 7.46. The van der Waals surface area contributed by atoms with Crippen molar-refractivity contribution < 1.29 is 22.8 Å². The second-order valence-corrected chi connectivity index (χ2v) is 13.0. The molecule has 0 bridgehead atoms. The van der Waals surface area contributed by atoms with Gasteiger partial charge in [-0.3, -0.25) is 14.4 Å². The summed E-state index contributed by atoms with van der Waals surface area (Å²) in [6, 6.07) is 6.21. The monoisotopic (exact) mass is 616 g/mol. The minimum atomic E-state index is -3.93. The molecule has 15 heteroatoms. The number of carbonyl (C=O) groups excluding carboxylic acids is 2. The summed E-state index contributed by atoms with van der Waals surface area (Å²) in [4.78, 5) is 41.6. The number of hydrogen-bond donors (Lipinski definition) is 2. The number of thiazole rings is 1. The molecule has 2 N–H and O–H groups in total.